The first-order valence-corrected chi connectivity index (χ1v) is 8.28. The molecule has 2 unspecified atom stereocenters. The van der Waals surface area contributed by atoms with Gasteiger partial charge in [0.05, 0.1) is 0 Å². The van der Waals surface area contributed by atoms with E-state index < -0.39 is 0 Å². The molecule has 3 nitrogen and oxygen atoms in total. The molecule has 0 fully saturated rings. The van der Waals surface area contributed by atoms with Crippen LogP contribution in [-0.2, 0) is 4.79 Å². The number of nitrogens with two attached hydrogens (primary N) is 1. The molecule has 0 bridgehead atoms. The zero-order chi connectivity index (χ0) is 14.1. The Morgan fingerprint density at radius 1 is 1.28 bits per heavy atom. The normalized spacial score (nSPS) is 14.6. The summed E-state index contributed by atoms with van der Waals surface area (Å²) in [6, 6.07) is 0.319. The fourth-order valence-corrected chi connectivity index (χ4v) is 2.82. The highest BCUT2D eigenvalue weighted by Crippen LogP contribution is 2.21. The monoisotopic (exact) mass is 274 g/mol. The topological polar surface area (TPSA) is 46.3 Å². The van der Waals surface area contributed by atoms with Crippen molar-refractivity contribution in [1.29, 1.82) is 0 Å². The number of rotatable bonds is 9. The van der Waals surface area contributed by atoms with Crippen LogP contribution in [0.15, 0.2) is 0 Å². The summed E-state index contributed by atoms with van der Waals surface area (Å²) in [5, 5.41) is 0. The van der Waals surface area contributed by atoms with Crippen molar-refractivity contribution in [2.75, 3.05) is 25.6 Å². The lowest BCUT2D eigenvalue weighted by molar-refractivity contribution is -0.131. The summed E-state index contributed by atoms with van der Waals surface area (Å²) < 4.78 is 0. The Kier molecular flexibility index (Phi) is 9.56. The quantitative estimate of drug-likeness (QED) is 0.703. The summed E-state index contributed by atoms with van der Waals surface area (Å²) in [6.07, 6.45) is 4.71. The van der Waals surface area contributed by atoms with E-state index >= 15 is 0 Å². The van der Waals surface area contributed by atoms with Gasteiger partial charge in [-0.15, -0.1) is 0 Å². The molecule has 0 saturated carbocycles. The Morgan fingerprint density at radius 2 is 1.89 bits per heavy atom. The molecule has 0 spiro atoms. The average Bonchev–Trinajstić information content (AvgIpc) is 2.32. The molecule has 0 rings (SSSR count). The molecule has 0 aliphatic heterocycles. The highest BCUT2D eigenvalue weighted by atomic mass is 32.2. The first-order chi connectivity index (χ1) is 8.43. The summed E-state index contributed by atoms with van der Waals surface area (Å²) in [6.45, 7) is 7.25. The molecular weight excluding hydrogens is 244 g/mol. The Hall–Kier alpha value is -0.220. The summed E-state index contributed by atoms with van der Waals surface area (Å²) >= 11 is 1.78. The Balaban J connectivity index is 4.14. The van der Waals surface area contributed by atoms with E-state index in [-0.39, 0.29) is 5.91 Å². The summed E-state index contributed by atoms with van der Waals surface area (Å²) in [4.78, 5) is 14.0. The van der Waals surface area contributed by atoms with E-state index in [1.54, 1.807) is 11.8 Å². The van der Waals surface area contributed by atoms with Crippen molar-refractivity contribution in [3.05, 3.63) is 0 Å². The van der Waals surface area contributed by atoms with Crippen LogP contribution in [0.3, 0.4) is 0 Å². The highest BCUT2D eigenvalue weighted by molar-refractivity contribution is 7.98. The molecule has 2 atom stereocenters. The van der Waals surface area contributed by atoms with E-state index in [1.807, 2.05) is 11.9 Å². The van der Waals surface area contributed by atoms with E-state index in [4.69, 9.17) is 5.73 Å². The van der Waals surface area contributed by atoms with Gasteiger partial charge in [0, 0.05) is 25.3 Å². The lowest BCUT2D eigenvalue weighted by atomic mass is 9.88. The van der Waals surface area contributed by atoms with Crippen molar-refractivity contribution in [3.8, 4) is 0 Å². The van der Waals surface area contributed by atoms with Gasteiger partial charge in [-0.3, -0.25) is 4.79 Å². The fourth-order valence-electron chi connectivity index (χ4n) is 2.11. The first-order valence-electron chi connectivity index (χ1n) is 6.88. The van der Waals surface area contributed by atoms with Gasteiger partial charge >= 0.3 is 0 Å². The van der Waals surface area contributed by atoms with Crippen molar-refractivity contribution >= 4 is 17.7 Å². The van der Waals surface area contributed by atoms with Crippen molar-refractivity contribution in [2.45, 2.75) is 46.1 Å². The van der Waals surface area contributed by atoms with Gasteiger partial charge in [-0.2, -0.15) is 11.8 Å². The molecule has 0 aromatic rings. The minimum Gasteiger partial charge on any atom is -0.342 e. The van der Waals surface area contributed by atoms with Crippen LogP contribution < -0.4 is 5.73 Å². The van der Waals surface area contributed by atoms with Crippen LogP contribution in [0.2, 0.25) is 0 Å². The molecule has 18 heavy (non-hydrogen) atoms. The SMILES string of the molecule is CSCC(C)N(C)C(=O)CCC(CCN)C(C)C. The highest BCUT2D eigenvalue weighted by Gasteiger charge is 2.18. The summed E-state index contributed by atoms with van der Waals surface area (Å²) in [7, 11) is 1.91. The van der Waals surface area contributed by atoms with E-state index in [0.29, 0.717) is 24.3 Å². The molecule has 108 valence electrons. The molecule has 0 saturated heterocycles. The molecule has 0 aliphatic rings. The number of carbonyl (C=O) groups excluding carboxylic acids is 1. The molecule has 2 N–H and O–H groups in total. The maximum absolute atomic E-state index is 12.1. The molecule has 4 heteroatoms. The van der Waals surface area contributed by atoms with Crippen LogP contribution in [0.4, 0.5) is 0 Å². The van der Waals surface area contributed by atoms with Gasteiger partial charge in [-0.25, -0.2) is 0 Å². The number of nitrogens with zero attached hydrogens (tertiary/aromatic N) is 1. The van der Waals surface area contributed by atoms with Crippen molar-refractivity contribution in [1.82, 2.24) is 4.90 Å². The largest absolute Gasteiger partial charge is 0.342 e. The molecule has 0 heterocycles. The average molecular weight is 274 g/mol. The van der Waals surface area contributed by atoms with E-state index in [1.165, 1.54) is 0 Å². The lowest BCUT2D eigenvalue weighted by Gasteiger charge is -2.26. The second-order valence-electron chi connectivity index (χ2n) is 5.43. The van der Waals surface area contributed by atoms with Crippen molar-refractivity contribution < 1.29 is 4.79 Å². The van der Waals surface area contributed by atoms with Gasteiger partial charge in [-0.05, 0) is 44.4 Å². The van der Waals surface area contributed by atoms with Crippen LogP contribution in [0.25, 0.3) is 0 Å². The van der Waals surface area contributed by atoms with Crippen molar-refractivity contribution in [3.63, 3.8) is 0 Å². The molecule has 1 amide bonds. The Labute approximate surface area is 117 Å². The second-order valence-corrected chi connectivity index (χ2v) is 6.34. The van der Waals surface area contributed by atoms with Crippen LogP contribution in [-0.4, -0.2) is 42.4 Å². The maximum atomic E-state index is 12.1. The number of thioether (sulfide) groups is 1. The van der Waals surface area contributed by atoms with Gasteiger partial charge in [0.15, 0.2) is 0 Å². The lowest BCUT2D eigenvalue weighted by Crippen LogP contribution is -2.36. The number of hydrogen-bond acceptors (Lipinski definition) is 3. The number of carbonyl (C=O) groups is 1. The van der Waals surface area contributed by atoms with Gasteiger partial charge in [0.1, 0.15) is 0 Å². The minimum atomic E-state index is 0.263. The molecule has 0 aliphatic carbocycles. The number of amides is 1. The zero-order valence-electron chi connectivity index (χ0n) is 12.6. The summed E-state index contributed by atoms with van der Waals surface area (Å²) in [5.74, 6) is 2.44. The van der Waals surface area contributed by atoms with Gasteiger partial charge in [0.25, 0.3) is 0 Å². The predicted octanol–water partition coefficient (Wildman–Crippen LogP) is 2.60. The third kappa shape index (κ3) is 6.64. The molecule has 0 aromatic carbocycles. The maximum Gasteiger partial charge on any atom is 0.222 e. The van der Waals surface area contributed by atoms with Crippen LogP contribution in [0.5, 0.6) is 0 Å². The zero-order valence-corrected chi connectivity index (χ0v) is 13.4. The van der Waals surface area contributed by atoms with E-state index in [9.17, 15) is 4.79 Å². The third-order valence-electron chi connectivity index (χ3n) is 3.67. The van der Waals surface area contributed by atoms with E-state index in [2.05, 4.69) is 27.0 Å². The first kappa shape index (κ1) is 17.8. The van der Waals surface area contributed by atoms with Crippen molar-refractivity contribution in [2.24, 2.45) is 17.6 Å². The molecular formula is C14H30N2OS. The second kappa shape index (κ2) is 9.68. The van der Waals surface area contributed by atoms with Gasteiger partial charge in [-0.1, -0.05) is 13.8 Å². The predicted molar refractivity (Wildman–Crippen MR) is 81.8 cm³/mol. The van der Waals surface area contributed by atoms with E-state index in [0.717, 1.165) is 25.1 Å². The fraction of sp³-hybridized carbons (Fsp3) is 0.929. The Bertz CT molecular complexity index is 234. The van der Waals surface area contributed by atoms with Gasteiger partial charge < -0.3 is 10.6 Å². The van der Waals surface area contributed by atoms with Crippen LogP contribution >= 0.6 is 11.8 Å². The minimum absolute atomic E-state index is 0.263. The smallest absolute Gasteiger partial charge is 0.222 e. The summed E-state index contributed by atoms with van der Waals surface area (Å²) in [5.41, 5.74) is 5.62. The molecule has 0 radical (unpaired) electrons. The van der Waals surface area contributed by atoms with Gasteiger partial charge in [0.2, 0.25) is 5.91 Å². The number of hydrogen-bond donors (Lipinski definition) is 1. The van der Waals surface area contributed by atoms with Crippen LogP contribution in [0.1, 0.15) is 40.0 Å². The standard InChI is InChI=1S/C14H30N2OS/c1-11(2)13(8-9-15)6-7-14(17)16(4)12(3)10-18-5/h11-13H,6-10,15H2,1-5H3. The van der Waals surface area contributed by atoms with Crippen LogP contribution in [0, 0.1) is 11.8 Å². The Morgan fingerprint density at radius 3 is 2.33 bits per heavy atom. The molecule has 0 aromatic heterocycles. The third-order valence-corrected chi connectivity index (χ3v) is 4.49.